The van der Waals surface area contributed by atoms with Gasteiger partial charge < -0.3 is 19.1 Å². The van der Waals surface area contributed by atoms with Gasteiger partial charge >= 0.3 is 0 Å². The average Bonchev–Trinajstić information content (AvgIpc) is 1.53. The van der Waals surface area contributed by atoms with Crippen LogP contribution in [0.2, 0.25) is 0 Å². The van der Waals surface area contributed by atoms with Gasteiger partial charge in [0, 0.05) is 60.4 Å². The van der Waals surface area contributed by atoms with E-state index in [1.54, 1.807) is 0 Å². The van der Waals surface area contributed by atoms with Crippen LogP contribution in [0.1, 0.15) is 191 Å². The third-order valence-corrected chi connectivity index (χ3v) is 19.8. The van der Waals surface area contributed by atoms with Gasteiger partial charge in [-0.05, 0) is 210 Å². The van der Waals surface area contributed by atoms with E-state index in [1.807, 2.05) is 12.1 Å². The molecule has 9 aromatic rings. The van der Waals surface area contributed by atoms with Gasteiger partial charge in [-0.15, -0.1) is 0 Å². The number of hydrogen-bond acceptors (Lipinski definition) is 4. The smallest absolute Gasteiger partial charge is 0.252 e. The minimum absolute atomic E-state index is 0.00615. The van der Waals surface area contributed by atoms with Crippen molar-refractivity contribution in [2.45, 2.75) is 189 Å². The first-order valence-corrected chi connectivity index (χ1v) is 30.3. The molecule has 0 fully saturated rings. The Morgan fingerprint density at radius 1 is 0.463 bits per heavy atom. The lowest BCUT2D eigenvalue weighted by molar-refractivity contribution is 0.332. The monoisotopic (exact) mass is 1080 g/mol. The standard InChI is InChI=1S/C77H86BN3O/c1-46-37-66-69-67(38-46)81(63-43-58-56(39-47(63)2)74(12,13)35-36-75(58,14)15)65-44-59-57(76(16,17)45-77(59,18)19)42-61(65)78(69)60-34-32-53(79(51-28-23-48(24-29-51)71(3,4)5)52-30-25-49(26-31-52)72(6,7)8)41-64(60)80(66)62-22-20-21-55-54-33-27-50(73(9,10)11)40-68(54)82-70(55)62/h20-34,37-44H,35-36,45H2,1-19H3/i1D3. The molecule has 8 aromatic carbocycles. The lowest BCUT2D eigenvalue weighted by atomic mass is 9.33. The van der Waals surface area contributed by atoms with E-state index in [2.05, 4.69) is 267 Å². The maximum Gasteiger partial charge on any atom is 0.252 e. The topological polar surface area (TPSA) is 22.9 Å². The highest BCUT2D eigenvalue weighted by Gasteiger charge is 2.49. The summed E-state index contributed by atoms with van der Waals surface area (Å²) in [7, 11) is 0. The molecule has 0 radical (unpaired) electrons. The zero-order valence-electron chi connectivity index (χ0n) is 55.2. The summed E-state index contributed by atoms with van der Waals surface area (Å²) in [4.78, 5) is 7.26. The summed E-state index contributed by atoms with van der Waals surface area (Å²) in [5.74, 6) is 0. The molecule has 4 aliphatic rings. The van der Waals surface area contributed by atoms with Crippen molar-refractivity contribution >= 4 is 96.2 Å². The van der Waals surface area contributed by atoms with Gasteiger partial charge in [0.25, 0.3) is 6.71 Å². The summed E-state index contributed by atoms with van der Waals surface area (Å²) in [5.41, 5.74) is 24.2. The number of fused-ring (bicyclic) bond motifs is 9. The van der Waals surface area contributed by atoms with E-state index in [4.69, 9.17) is 4.42 Å². The van der Waals surface area contributed by atoms with Crippen LogP contribution in [-0.4, -0.2) is 6.71 Å². The fraction of sp³-hybridized carbons (Fsp3) is 0.377. The summed E-state index contributed by atoms with van der Waals surface area (Å²) in [5, 5.41) is 2.06. The Kier molecular flexibility index (Phi) is 11.0. The number of anilines is 9. The highest BCUT2D eigenvalue weighted by molar-refractivity contribution is 7.00. The van der Waals surface area contributed by atoms with Crippen LogP contribution in [0.4, 0.5) is 51.2 Å². The Balaban J connectivity index is 1.16. The number of nitrogens with zero attached hydrogens (tertiary/aromatic N) is 3. The molecule has 82 heavy (non-hydrogen) atoms. The van der Waals surface area contributed by atoms with Crippen molar-refractivity contribution in [1.82, 2.24) is 0 Å². The fourth-order valence-electron chi connectivity index (χ4n) is 15.1. The quantitative estimate of drug-likeness (QED) is 0.160. The Morgan fingerprint density at radius 3 is 1.54 bits per heavy atom. The summed E-state index contributed by atoms with van der Waals surface area (Å²) in [6.07, 6.45) is 3.21. The van der Waals surface area contributed by atoms with Crippen LogP contribution in [0.15, 0.2) is 144 Å². The largest absolute Gasteiger partial charge is 0.454 e. The Morgan fingerprint density at radius 2 is 0.963 bits per heavy atom. The molecule has 5 heteroatoms. The Bertz CT molecular complexity index is 4170. The van der Waals surface area contributed by atoms with Crippen molar-refractivity contribution in [3.63, 3.8) is 0 Å². The van der Waals surface area contributed by atoms with Crippen LogP contribution in [0.3, 0.4) is 0 Å². The fourth-order valence-corrected chi connectivity index (χ4v) is 15.1. The van der Waals surface area contributed by atoms with Gasteiger partial charge in [-0.25, -0.2) is 0 Å². The second kappa shape index (κ2) is 17.8. The van der Waals surface area contributed by atoms with E-state index in [0.717, 1.165) is 103 Å². The van der Waals surface area contributed by atoms with Crippen LogP contribution in [0.5, 0.6) is 0 Å². The maximum absolute atomic E-state index is 9.45. The normalized spacial score (nSPS) is 18.1. The number of furan rings is 1. The summed E-state index contributed by atoms with van der Waals surface area (Å²) < 4.78 is 35.6. The molecule has 1 aromatic heterocycles. The molecule has 0 amide bonds. The molecule has 2 aliphatic heterocycles. The third kappa shape index (κ3) is 8.43. The first-order chi connectivity index (χ1) is 39.5. The van der Waals surface area contributed by atoms with Crippen LogP contribution in [0, 0.1) is 13.8 Å². The molecule has 0 saturated carbocycles. The van der Waals surface area contributed by atoms with Crippen LogP contribution >= 0.6 is 0 Å². The van der Waals surface area contributed by atoms with Gasteiger partial charge in [0.2, 0.25) is 0 Å². The van der Waals surface area contributed by atoms with Crippen LogP contribution in [0.25, 0.3) is 21.9 Å². The summed E-state index contributed by atoms with van der Waals surface area (Å²) >= 11 is 0. The van der Waals surface area contributed by atoms with Crippen molar-refractivity contribution in [2.75, 3.05) is 14.7 Å². The molecular weight excluding hydrogens is 994 g/mol. The van der Waals surface area contributed by atoms with E-state index < -0.39 is 6.85 Å². The van der Waals surface area contributed by atoms with Gasteiger partial charge in [-0.3, -0.25) is 0 Å². The second-order valence-corrected chi connectivity index (χ2v) is 30.8. The molecule has 13 rings (SSSR count). The van der Waals surface area contributed by atoms with Gasteiger partial charge in [-0.1, -0.05) is 184 Å². The zero-order chi connectivity index (χ0) is 60.8. The van der Waals surface area contributed by atoms with Crippen molar-refractivity contribution in [2.24, 2.45) is 0 Å². The highest BCUT2D eigenvalue weighted by Crippen LogP contribution is 2.56. The molecule has 2 aliphatic carbocycles. The molecule has 0 N–H and O–H groups in total. The van der Waals surface area contributed by atoms with Crippen LogP contribution in [-0.2, 0) is 37.9 Å². The predicted octanol–water partition coefficient (Wildman–Crippen LogP) is 20.0. The molecule has 0 unspecified atom stereocenters. The lowest BCUT2D eigenvalue weighted by Crippen LogP contribution is -2.61. The Hall–Kier alpha value is -6.98. The molecule has 0 bridgehead atoms. The van der Waals surface area contributed by atoms with Crippen molar-refractivity contribution < 1.29 is 8.53 Å². The van der Waals surface area contributed by atoms with E-state index in [0.29, 0.717) is 5.56 Å². The molecule has 0 saturated heterocycles. The van der Waals surface area contributed by atoms with Gasteiger partial charge in [0.1, 0.15) is 5.58 Å². The first kappa shape index (κ1) is 50.7. The van der Waals surface area contributed by atoms with Crippen LogP contribution < -0.4 is 31.1 Å². The third-order valence-electron chi connectivity index (χ3n) is 19.8. The summed E-state index contributed by atoms with van der Waals surface area (Å²) in [6, 6.07) is 52.5. The molecule has 0 spiro atoms. The van der Waals surface area contributed by atoms with Crippen molar-refractivity contribution in [3.05, 3.63) is 190 Å². The van der Waals surface area contributed by atoms with Gasteiger partial charge in [0.15, 0.2) is 5.58 Å². The van der Waals surface area contributed by atoms with E-state index in [9.17, 15) is 4.11 Å². The lowest BCUT2D eigenvalue weighted by Gasteiger charge is -2.46. The van der Waals surface area contributed by atoms with Gasteiger partial charge in [0.05, 0.1) is 5.69 Å². The van der Waals surface area contributed by atoms with E-state index >= 15 is 0 Å². The number of aryl methyl sites for hydroxylation is 2. The minimum atomic E-state index is -2.45. The zero-order valence-corrected chi connectivity index (χ0v) is 52.2. The van der Waals surface area contributed by atoms with Crippen molar-refractivity contribution in [3.8, 4) is 0 Å². The Labute approximate surface area is 495 Å². The second-order valence-electron chi connectivity index (χ2n) is 30.8. The maximum atomic E-state index is 9.45. The molecule has 4 nitrogen and oxygen atoms in total. The first-order valence-electron chi connectivity index (χ1n) is 31.8. The highest BCUT2D eigenvalue weighted by atomic mass is 16.3. The predicted molar refractivity (Wildman–Crippen MR) is 354 cm³/mol. The number of hydrogen-bond donors (Lipinski definition) is 0. The van der Waals surface area contributed by atoms with Crippen molar-refractivity contribution in [1.29, 1.82) is 0 Å². The molecule has 0 atom stereocenters. The number of para-hydroxylation sites is 1. The minimum Gasteiger partial charge on any atom is -0.454 e. The van der Waals surface area contributed by atoms with Gasteiger partial charge in [-0.2, -0.15) is 0 Å². The molecule has 418 valence electrons. The average molecular weight is 1080 g/mol. The number of rotatable bonds is 5. The molecule has 3 heterocycles. The number of benzene rings is 8. The van der Waals surface area contributed by atoms with E-state index in [-0.39, 0.29) is 44.6 Å². The molecular formula is C77H86BN3O. The van der Waals surface area contributed by atoms with E-state index in [1.165, 1.54) is 50.0 Å². The summed E-state index contributed by atoms with van der Waals surface area (Å²) in [6.45, 7) is 39.2. The SMILES string of the molecule is [2H]C([2H])([2H])c1cc2c3c(c1)N(c1cccc4c1oc1cc(C(C)(C)C)ccc14)c1cc(N(c4ccc(C(C)(C)C)cc4)c4ccc(C(C)(C)C)cc4)ccc1B3c1cc3c(cc1N2c1cc2c(cc1C)C(C)(C)CCC2(C)C)C(C)(C)CC3(C)C.